The molecule has 0 saturated heterocycles. The van der Waals surface area contributed by atoms with Crippen LogP contribution in [0.25, 0.3) is 0 Å². The first-order valence-corrected chi connectivity index (χ1v) is 7.03. The zero-order chi connectivity index (χ0) is 14.5. The number of rotatable bonds is 6. The molecule has 2 rings (SSSR count). The Balaban J connectivity index is 2.00. The molecule has 106 valence electrons. The Morgan fingerprint density at radius 3 is 2.90 bits per heavy atom. The smallest absolute Gasteiger partial charge is 0.365 e. The van der Waals surface area contributed by atoms with Crippen LogP contribution in [-0.4, -0.2) is 23.2 Å². The summed E-state index contributed by atoms with van der Waals surface area (Å²) in [6, 6.07) is 7.89. The number of aromatic carboxylic acids is 1. The molecule has 5 nitrogen and oxygen atoms in total. The van der Waals surface area contributed by atoms with E-state index in [0.29, 0.717) is 6.54 Å². The van der Waals surface area contributed by atoms with Crippen molar-refractivity contribution in [2.45, 2.75) is 19.5 Å². The van der Waals surface area contributed by atoms with Crippen molar-refractivity contribution >= 4 is 17.3 Å². The molecule has 0 fully saturated rings. The number of aromatic nitrogens is 1. The van der Waals surface area contributed by atoms with E-state index in [2.05, 4.69) is 10.3 Å². The first-order valence-electron chi connectivity index (χ1n) is 6.15. The van der Waals surface area contributed by atoms with Gasteiger partial charge in [0.25, 0.3) is 0 Å². The summed E-state index contributed by atoms with van der Waals surface area (Å²) in [5.41, 5.74) is 1.79. The lowest BCUT2D eigenvalue weighted by Gasteiger charge is -2.16. The van der Waals surface area contributed by atoms with Gasteiger partial charge in [-0.3, -0.25) is 0 Å². The van der Waals surface area contributed by atoms with Gasteiger partial charge in [0.05, 0.1) is 12.8 Å². The molecule has 2 aromatic rings. The SMILES string of the molecule is COc1ccccc1[C@@H](C)NCc1csc(C(=O)O)n1. The van der Waals surface area contributed by atoms with Gasteiger partial charge in [0.2, 0.25) is 5.01 Å². The summed E-state index contributed by atoms with van der Waals surface area (Å²) in [5, 5.41) is 14.0. The molecule has 0 aliphatic rings. The highest BCUT2D eigenvalue weighted by Gasteiger charge is 2.12. The monoisotopic (exact) mass is 292 g/mol. The Hall–Kier alpha value is -1.92. The number of benzene rings is 1. The Bertz CT molecular complexity index is 598. The van der Waals surface area contributed by atoms with E-state index in [1.165, 1.54) is 0 Å². The van der Waals surface area contributed by atoms with Crippen molar-refractivity contribution in [2.75, 3.05) is 7.11 Å². The number of ether oxygens (including phenoxy) is 1. The molecule has 0 spiro atoms. The number of thiazole rings is 1. The maximum atomic E-state index is 10.8. The van der Waals surface area contributed by atoms with Gasteiger partial charge >= 0.3 is 5.97 Å². The summed E-state index contributed by atoms with van der Waals surface area (Å²) in [7, 11) is 1.64. The Morgan fingerprint density at radius 1 is 1.50 bits per heavy atom. The molecule has 1 aromatic carbocycles. The zero-order valence-corrected chi connectivity index (χ0v) is 12.1. The van der Waals surface area contributed by atoms with Crippen LogP contribution in [0.1, 0.15) is 34.0 Å². The van der Waals surface area contributed by atoms with Crippen LogP contribution in [0.5, 0.6) is 5.75 Å². The van der Waals surface area contributed by atoms with E-state index < -0.39 is 5.97 Å². The van der Waals surface area contributed by atoms with Crippen molar-refractivity contribution < 1.29 is 14.6 Å². The van der Waals surface area contributed by atoms with Gasteiger partial charge in [-0.25, -0.2) is 9.78 Å². The van der Waals surface area contributed by atoms with Crippen LogP contribution in [0.15, 0.2) is 29.6 Å². The maximum absolute atomic E-state index is 10.8. The number of carbonyl (C=O) groups is 1. The summed E-state index contributed by atoms with van der Waals surface area (Å²) in [6.07, 6.45) is 0. The molecule has 0 aliphatic heterocycles. The van der Waals surface area contributed by atoms with Crippen LogP contribution >= 0.6 is 11.3 Å². The van der Waals surface area contributed by atoms with Crippen LogP contribution < -0.4 is 10.1 Å². The average Bonchev–Trinajstić information content (AvgIpc) is 2.94. The van der Waals surface area contributed by atoms with E-state index >= 15 is 0 Å². The standard InChI is InChI=1S/C14H16N2O3S/c1-9(11-5-3-4-6-12(11)19-2)15-7-10-8-20-13(16-10)14(17)18/h3-6,8-9,15H,7H2,1-2H3,(H,17,18)/t9-/m1/s1. The Kier molecular flexibility index (Phi) is 4.70. The normalized spacial score (nSPS) is 12.1. The number of carboxylic acids is 1. The largest absolute Gasteiger partial charge is 0.496 e. The molecule has 1 atom stereocenters. The summed E-state index contributed by atoms with van der Waals surface area (Å²) in [5.74, 6) is -0.156. The van der Waals surface area contributed by atoms with Crippen molar-refractivity contribution in [1.29, 1.82) is 0 Å². The van der Waals surface area contributed by atoms with Gasteiger partial charge in [-0.2, -0.15) is 0 Å². The van der Waals surface area contributed by atoms with Crippen molar-refractivity contribution in [3.05, 3.63) is 45.9 Å². The molecule has 0 aliphatic carbocycles. The van der Waals surface area contributed by atoms with Gasteiger partial charge in [-0.05, 0) is 13.0 Å². The van der Waals surface area contributed by atoms with E-state index in [4.69, 9.17) is 9.84 Å². The van der Waals surface area contributed by atoms with Crippen LogP contribution in [0.3, 0.4) is 0 Å². The first-order chi connectivity index (χ1) is 9.61. The molecule has 1 aromatic heterocycles. The molecule has 0 radical (unpaired) electrons. The molecule has 0 bridgehead atoms. The van der Waals surface area contributed by atoms with Gasteiger partial charge in [-0.15, -0.1) is 11.3 Å². The highest BCUT2D eigenvalue weighted by atomic mass is 32.1. The molecule has 0 saturated carbocycles. The minimum Gasteiger partial charge on any atom is -0.496 e. The van der Waals surface area contributed by atoms with Gasteiger partial charge in [0.15, 0.2) is 0 Å². The number of methoxy groups -OCH3 is 1. The Labute approximate surface area is 121 Å². The van der Waals surface area contributed by atoms with E-state index in [1.54, 1.807) is 12.5 Å². The molecule has 2 N–H and O–H groups in total. The van der Waals surface area contributed by atoms with Crippen molar-refractivity contribution in [2.24, 2.45) is 0 Å². The number of hydrogen-bond acceptors (Lipinski definition) is 5. The second-order valence-corrected chi connectivity index (χ2v) is 5.15. The molecular formula is C14H16N2O3S. The molecule has 20 heavy (non-hydrogen) atoms. The zero-order valence-electron chi connectivity index (χ0n) is 11.3. The maximum Gasteiger partial charge on any atom is 0.365 e. The lowest BCUT2D eigenvalue weighted by Crippen LogP contribution is -2.19. The fourth-order valence-corrected chi connectivity index (χ4v) is 2.53. The lowest BCUT2D eigenvalue weighted by molar-refractivity contribution is 0.0696. The Morgan fingerprint density at radius 2 is 2.25 bits per heavy atom. The third-order valence-electron chi connectivity index (χ3n) is 2.93. The fourth-order valence-electron chi connectivity index (χ4n) is 1.88. The summed E-state index contributed by atoms with van der Waals surface area (Å²) < 4.78 is 5.32. The number of nitrogens with one attached hydrogen (secondary N) is 1. The highest BCUT2D eigenvalue weighted by molar-refractivity contribution is 7.11. The lowest BCUT2D eigenvalue weighted by atomic mass is 10.1. The average molecular weight is 292 g/mol. The van der Waals surface area contributed by atoms with E-state index in [1.807, 2.05) is 31.2 Å². The van der Waals surface area contributed by atoms with Crippen LogP contribution in [0.4, 0.5) is 0 Å². The number of hydrogen-bond donors (Lipinski definition) is 2. The fraction of sp³-hybridized carbons (Fsp3) is 0.286. The summed E-state index contributed by atoms with van der Waals surface area (Å²) in [4.78, 5) is 14.8. The molecular weight excluding hydrogens is 276 g/mol. The summed E-state index contributed by atoms with van der Waals surface area (Å²) in [6.45, 7) is 2.55. The van der Waals surface area contributed by atoms with Gasteiger partial charge in [-0.1, -0.05) is 18.2 Å². The van der Waals surface area contributed by atoms with Crippen molar-refractivity contribution in [3.63, 3.8) is 0 Å². The highest BCUT2D eigenvalue weighted by Crippen LogP contribution is 2.24. The summed E-state index contributed by atoms with van der Waals surface area (Å²) >= 11 is 1.14. The first kappa shape index (κ1) is 14.5. The van der Waals surface area contributed by atoms with E-state index in [0.717, 1.165) is 28.3 Å². The van der Waals surface area contributed by atoms with E-state index in [-0.39, 0.29) is 11.0 Å². The van der Waals surface area contributed by atoms with Gasteiger partial charge in [0, 0.05) is 23.5 Å². The number of para-hydroxylation sites is 1. The van der Waals surface area contributed by atoms with Crippen molar-refractivity contribution in [3.8, 4) is 5.75 Å². The number of nitrogens with zero attached hydrogens (tertiary/aromatic N) is 1. The third-order valence-corrected chi connectivity index (χ3v) is 3.81. The molecule has 1 heterocycles. The topological polar surface area (TPSA) is 71.5 Å². The van der Waals surface area contributed by atoms with Crippen LogP contribution in [0.2, 0.25) is 0 Å². The minimum absolute atomic E-state index is 0.0844. The predicted molar refractivity (Wildman–Crippen MR) is 77.3 cm³/mol. The van der Waals surface area contributed by atoms with Gasteiger partial charge in [0.1, 0.15) is 5.75 Å². The second kappa shape index (κ2) is 6.49. The third kappa shape index (κ3) is 3.34. The van der Waals surface area contributed by atoms with Crippen LogP contribution in [-0.2, 0) is 6.54 Å². The molecule has 6 heteroatoms. The number of carboxylic acid groups (broad SMARTS) is 1. The molecule has 0 unspecified atom stereocenters. The second-order valence-electron chi connectivity index (χ2n) is 4.29. The minimum atomic E-state index is -0.987. The van der Waals surface area contributed by atoms with Crippen LogP contribution in [0, 0.1) is 0 Å². The predicted octanol–water partition coefficient (Wildman–Crippen LogP) is 2.70. The quantitative estimate of drug-likeness (QED) is 0.856. The van der Waals surface area contributed by atoms with E-state index in [9.17, 15) is 4.79 Å². The van der Waals surface area contributed by atoms with Crippen molar-refractivity contribution in [1.82, 2.24) is 10.3 Å². The van der Waals surface area contributed by atoms with Gasteiger partial charge < -0.3 is 15.2 Å². The molecule has 0 amide bonds.